The molecule has 0 saturated heterocycles. The number of rotatable bonds is 5. The fourth-order valence-corrected chi connectivity index (χ4v) is 2.17. The molecule has 3 amide bonds. The first-order chi connectivity index (χ1) is 9.47. The summed E-state index contributed by atoms with van der Waals surface area (Å²) in [6.07, 6.45) is 2.05. The van der Waals surface area contributed by atoms with E-state index in [1.165, 1.54) is 12.1 Å². The summed E-state index contributed by atoms with van der Waals surface area (Å²) in [4.78, 5) is 24.6. The Morgan fingerprint density at radius 3 is 2.50 bits per heavy atom. The molecule has 1 aliphatic rings. The first kappa shape index (κ1) is 14.5. The van der Waals surface area contributed by atoms with E-state index in [0.717, 1.165) is 18.4 Å². The number of hydrogen-bond donors (Lipinski definition) is 2. The van der Waals surface area contributed by atoms with Crippen molar-refractivity contribution in [1.29, 1.82) is 0 Å². The highest BCUT2D eigenvalue weighted by molar-refractivity contribution is 5.96. The second kappa shape index (κ2) is 6.00. The first-order valence-corrected chi connectivity index (χ1v) is 6.58. The van der Waals surface area contributed by atoms with Gasteiger partial charge in [0, 0.05) is 12.6 Å². The molecule has 5 nitrogen and oxygen atoms in total. The van der Waals surface area contributed by atoms with Crippen LogP contribution < -0.4 is 11.1 Å². The van der Waals surface area contributed by atoms with Crippen molar-refractivity contribution in [1.82, 2.24) is 10.2 Å². The molecular formula is C14H18FN3O2. The largest absolute Gasteiger partial charge is 0.351 e. The van der Waals surface area contributed by atoms with Gasteiger partial charge in [-0.15, -0.1) is 0 Å². The van der Waals surface area contributed by atoms with Crippen LogP contribution in [0, 0.1) is 5.82 Å². The summed E-state index contributed by atoms with van der Waals surface area (Å²) >= 11 is 0. The smallest absolute Gasteiger partial charge is 0.318 e. The van der Waals surface area contributed by atoms with E-state index in [4.69, 9.17) is 5.73 Å². The van der Waals surface area contributed by atoms with Crippen LogP contribution in [0.15, 0.2) is 24.3 Å². The van der Waals surface area contributed by atoms with E-state index >= 15 is 0 Å². The van der Waals surface area contributed by atoms with Gasteiger partial charge >= 0.3 is 6.03 Å². The number of urea groups is 1. The molecule has 1 fully saturated rings. The van der Waals surface area contributed by atoms with Gasteiger partial charge in [-0.3, -0.25) is 15.0 Å². The number of hydrogen-bond acceptors (Lipinski definition) is 3. The van der Waals surface area contributed by atoms with Crippen molar-refractivity contribution in [2.45, 2.75) is 38.4 Å². The predicted molar refractivity (Wildman–Crippen MR) is 72.2 cm³/mol. The van der Waals surface area contributed by atoms with Crippen molar-refractivity contribution >= 4 is 11.9 Å². The highest BCUT2D eigenvalue weighted by Crippen LogP contribution is 2.30. The lowest BCUT2D eigenvalue weighted by Crippen LogP contribution is -2.48. The van der Waals surface area contributed by atoms with Crippen LogP contribution >= 0.6 is 0 Å². The van der Waals surface area contributed by atoms with Crippen LogP contribution in [0.3, 0.4) is 0 Å². The third-order valence-electron chi connectivity index (χ3n) is 3.42. The summed E-state index contributed by atoms with van der Waals surface area (Å²) in [6, 6.07) is 5.21. The fourth-order valence-electron chi connectivity index (χ4n) is 2.17. The van der Waals surface area contributed by atoms with Gasteiger partial charge < -0.3 is 5.73 Å². The quantitative estimate of drug-likeness (QED) is 0.855. The maximum Gasteiger partial charge on any atom is 0.318 e. The predicted octanol–water partition coefficient (Wildman–Crippen LogP) is 1.37. The van der Waals surface area contributed by atoms with Gasteiger partial charge in [-0.05, 0) is 37.5 Å². The van der Waals surface area contributed by atoms with Gasteiger partial charge in [-0.25, -0.2) is 9.18 Å². The zero-order valence-corrected chi connectivity index (χ0v) is 11.3. The monoisotopic (exact) mass is 279 g/mol. The summed E-state index contributed by atoms with van der Waals surface area (Å²) in [6.45, 7) is 2.28. The molecule has 0 bridgehead atoms. The SMILES string of the molecule is C[C@H](C(=O)NC(N)=O)N(Cc1ccc(F)cc1)C1CC1. The average molecular weight is 279 g/mol. The molecule has 0 unspecified atom stereocenters. The van der Waals surface area contributed by atoms with Gasteiger partial charge in [0.15, 0.2) is 0 Å². The topological polar surface area (TPSA) is 75.4 Å². The fraction of sp³-hybridized carbons (Fsp3) is 0.429. The van der Waals surface area contributed by atoms with Crippen LogP contribution in [0.4, 0.5) is 9.18 Å². The van der Waals surface area contributed by atoms with E-state index in [1.54, 1.807) is 19.1 Å². The molecule has 1 atom stereocenters. The van der Waals surface area contributed by atoms with Gasteiger partial charge in [-0.1, -0.05) is 12.1 Å². The molecule has 2 rings (SSSR count). The summed E-state index contributed by atoms with van der Waals surface area (Å²) in [5.74, 6) is -0.697. The van der Waals surface area contributed by atoms with E-state index in [1.807, 2.05) is 4.90 Å². The van der Waals surface area contributed by atoms with E-state index in [-0.39, 0.29) is 5.82 Å². The lowest BCUT2D eigenvalue weighted by atomic mass is 10.1. The van der Waals surface area contributed by atoms with Gasteiger partial charge in [-0.2, -0.15) is 0 Å². The molecule has 0 aliphatic heterocycles. The number of amides is 3. The van der Waals surface area contributed by atoms with Crippen LogP contribution in [-0.2, 0) is 11.3 Å². The molecule has 1 aliphatic carbocycles. The van der Waals surface area contributed by atoms with E-state index in [0.29, 0.717) is 12.6 Å². The van der Waals surface area contributed by atoms with Crippen molar-refractivity contribution in [3.63, 3.8) is 0 Å². The molecule has 1 saturated carbocycles. The minimum absolute atomic E-state index is 0.286. The van der Waals surface area contributed by atoms with E-state index in [2.05, 4.69) is 5.32 Å². The number of primary amides is 1. The standard InChI is InChI=1S/C14H18FN3O2/c1-9(13(19)17-14(16)20)18(12-6-7-12)8-10-2-4-11(15)5-3-10/h2-5,9,12H,6-8H2,1H3,(H3,16,17,19,20)/t9-/m1/s1. The lowest BCUT2D eigenvalue weighted by Gasteiger charge is -2.27. The maximum absolute atomic E-state index is 12.9. The van der Waals surface area contributed by atoms with Crippen LogP contribution in [0.1, 0.15) is 25.3 Å². The zero-order valence-electron chi connectivity index (χ0n) is 11.3. The first-order valence-electron chi connectivity index (χ1n) is 6.58. The highest BCUT2D eigenvalue weighted by atomic mass is 19.1. The van der Waals surface area contributed by atoms with E-state index < -0.39 is 18.0 Å². The van der Waals surface area contributed by atoms with Crippen molar-refractivity contribution in [2.24, 2.45) is 5.73 Å². The lowest BCUT2D eigenvalue weighted by molar-refractivity contribution is -0.125. The van der Waals surface area contributed by atoms with Gasteiger partial charge in [0.2, 0.25) is 5.91 Å². The number of imide groups is 1. The molecule has 0 heterocycles. The Hall–Kier alpha value is -1.95. The molecule has 1 aromatic carbocycles. The second-order valence-corrected chi connectivity index (χ2v) is 5.06. The summed E-state index contributed by atoms with van der Waals surface area (Å²) in [7, 11) is 0. The molecule has 3 N–H and O–H groups in total. The number of benzene rings is 1. The minimum Gasteiger partial charge on any atom is -0.351 e. The van der Waals surface area contributed by atoms with Gasteiger partial charge in [0.1, 0.15) is 5.82 Å². The van der Waals surface area contributed by atoms with Crippen molar-refractivity contribution < 1.29 is 14.0 Å². The third kappa shape index (κ3) is 3.77. The van der Waals surface area contributed by atoms with Crippen LogP contribution in [0.2, 0.25) is 0 Å². The number of nitrogens with two attached hydrogens (primary N) is 1. The van der Waals surface area contributed by atoms with Crippen LogP contribution in [0.5, 0.6) is 0 Å². The number of carbonyl (C=O) groups is 2. The zero-order chi connectivity index (χ0) is 14.7. The Bertz CT molecular complexity index is 500. The molecule has 6 heteroatoms. The third-order valence-corrected chi connectivity index (χ3v) is 3.42. The van der Waals surface area contributed by atoms with Gasteiger partial charge in [0.05, 0.1) is 6.04 Å². The van der Waals surface area contributed by atoms with Crippen molar-refractivity contribution in [2.75, 3.05) is 0 Å². The Morgan fingerprint density at radius 1 is 1.40 bits per heavy atom. The minimum atomic E-state index is -0.848. The van der Waals surface area contributed by atoms with Gasteiger partial charge in [0.25, 0.3) is 0 Å². The molecule has 0 radical (unpaired) electrons. The molecule has 1 aromatic rings. The summed E-state index contributed by atoms with van der Waals surface area (Å²) in [5.41, 5.74) is 5.89. The molecule has 20 heavy (non-hydrogen) atoms. The Balaban J connectivity index is 2.05. The summed E-state index contributed by atoms with van der Waals surface area (Å²) in [5, 5.41) is 2.10. The Kier molecular flexibility index (Phi) is 4.34. The second-order valence-electron chi connectivity index (χ2n) is 5.06. The normalized spacial score (nSPS) is 15.9. The number of nitrogens with one attached hydrogen (secondary N) is 1. The maximum atomic E-state index is 12.9. The molecular weight excluding hydrogens is 261 g/mol. The number of carbonyl (C=O) groups excluding carboxylic acids is 2. The van der Waals surface area contributed by atoms with Crippen LogP contribution in [-0.4, -0.2) is 28.9 Å². The average Bonchev–Trinajstić information content (AvgIpc) is 3.21. The molecule has 108 valence electrons. The molecule has 0 aromatic heterocycles. The molecule has 0 spiro atoms. The Morgan fingerprint density at radius 2 is 2.00 bits per heavy atom. The number of nitrogens with zero attached hydrogens (tertiary/aromatic N) is 1. The van der Waals surface area contributed by atoms with Crippen molar-refractivity contribution in [3.8, 4) is 0 Å². The number of halogens is 1. The summed E-state index contributed by atoms with van der Waals surface area (Å²) < 4.78 is 12.9. The van der Waals surface area contributed by atoms with E-state index in [9.17, 15) is 14.0 Å². The van der Waals surface area contributed by atoms with Crippen LogP contribution in [0.25, 0.3) is 0 Å². The Labute approximate surface area is 116 Å². The van der Waals surface area contributed by atoms with Crippen molar-refractivity contribution in [3.05, 3.63) is 35.6 Å². The highest BCUT2D eigenvalue weighted by Gasteiger charge is 2.35.